The summed E-state index contributed by atoms with van der Waals surface area (Å²) < 4.78 is 38.4. The normalized spacial score (nSPS) is 17.0. The van der Waals surface area contributed by atoms with Gasteiger partial charge in [-0.1, -0.05) is 94.2 Å². The maximum atomic E-state index is 13.4. The van der Waals surface area contributed by atoms with Crippen LogP contribution in [0.15, 0.2) is 108 Å². The summed E-state index contributed by atoms with van der Waals surface area (Å²) in [6.45, 7) is 0.714. The molecule has 4 N–H and O–H groups in total. The number of hydrogen-bond acceptors (Lipinski definition) is 4. The Bertz CT molecular complexity index is 1090. The second kappa shape index (κ2) is 12.2. The standard InChI is InChI=1S/C27H29F2N2O2P/c28-27(29,34)23-14-11-20(12-15-23)13-16-24(30)17-25(32-18-21-7-3-1-4-8-21)26(31)33-19-22-9-5-2-6-10-22/h1-7,9-17,21H,8,18-19,30-31,34H2/b16-13+,24-17-,26-25-. The van der Waals surface area contributed by atoms with Crippen LogP contribution in [0.25, 0.3) is 6.08 Å². The molecule has 4 nitrogen and oxygen atoms in total. The largest absolute Gasteiger partial charge is 0.487 e. The van der Waals surface area contributed by atoms with Crippen molar-refractivity contribution in [1.29, 1.82) is 0 Å². The van der Waals surface area contributed by atoms with E-state index in [0.717, 1.165) is 17.5 Å². The third-order valence-corrected chi connectivity index (χ3v) is 5.40. The van der Waals surface area contributed by atoms with Gasteiger partial charge in [-0.05, 0) is 23.6 Å². The zero-order valence-corrected chi connectivity index (χ0v) is 19.9. The number of benzene rings is 2. The van der Waals surface area contributed by atoms with Gasteiger partial charge in [-0.2, -0.15) is 8.78 Å². The lowest BCUT2D eigenvalue weighted by Gasteiger charge is -2.17. The summed E-state index contributed by atoms with van der Waals surface area (Å²) in [5.41, 5.74) is 11.4. The average Bonchev–Trinajstić information content (AvgIpc) is 2.84. The van der Waals surface area contributed by atoms with Gasteiger partial charge in [0.25, 0.3) is 5.66 Å². The molecule has 3 rings (SSSR count). The molecule has 2 aromatic rings. The molecular weight excluding hydrogens is 453 g/mol. The Labute approximate surface area is 201 Å². The van der Waals surface area contributed by atoms with E-state index in [0.29, 0.717) is 24.7 Å². The maximum absolute atomic E-state index is 13.4. The van der Waals surface area contributed by atoms with Crippen LogP contribution in [0, 0.1) is 5.92 Å². The van der Waals surface area contributed by atoms with Crippen molar-refractivity contribution in [3.63, 3.8) is 0 Å². The number of rotatable bonds is 10. The highest BCUT2D eigenvalue weighted by atomic mass is 31.0. The van der Waals surface area contributed by atoms with Crippen LogP contribution >= 0.6 is 9.24 Å². The van der Waals surface area contributed by atoms with Crippen LogP contribution in [-0.2, 0) is 21.7 Å². The Balaban J connectivity index is 1.72. The number of hydrogen-bond donors (Lipinski definition) is 2. The van der Waals surface area contributed by atoms with Gasteiger partial charge in [0.15, 0.2) is 5.76 Å². The molecule has 0 saturated heterocycles. The Morgan fingerprint density at radius 3 is 2.41 bits per heavy atom. The lowest BCUT2D eigenvalue weighted by atomic mass is 10.0. The van der Waals surface area contributed by atoms with E-state index >= 15 is 0 Å². The summed E-state index contributed by atoms with van der Waals surface area (Å²) in [6.07, 6.45) is 14.0. The molecule has 178 valence electrons. The molecule has 2 unspecified atom stereocenters. The van der Waals surface area contributed by atoms with Crippen LogP contribution in [-0.4, -0.2) is 6.61 Å². The quantitative estimate of drug-likeness (QED) is 0.249. The number of allylic oxidation sites excluding steroid dienone is 5. The molecule has 0 fully saturated rings. The van der Waals surface area contributed by atoms with Crippen LogP contribution in [0.5, 0.6) is 0 Å². The molecule has 0 aromatic heterocycles. The molecule has 0 aliphatic heterocycles. The first-order valence-corrected chi connectivity index (χ1v) is 11.4. The highest BCUT2D eigenvalue weighted by molar-refractivity contribution is 7.17. The molecular formula is C27H29F2N2O2P. The Morgan fingerprint density at radius 2 is 1.76 bits per heavy atom. The smallest absolute Gasteiger partial charge is 0.283 e. The summed E-state index contributed by atoms with van der Waals surface area (Å²) in [7, 11) is 1.53. The summed E-state index contributed by atoms with van der Waals surface area (Å²) >= 11 is 0. The number of nitrogens with two attached hydrogens (primary N) is 2. The van der Waals surface area contributed by atoms with Gasteiger partial charge >= 0.3 is 0 Å². The van der Waals surface area contributed by atoms with Crippen LogP contribution in [0.3, 0.4) is 0 Å². The van der Waals surface area contributed by atoms with Gasteiger partial charge in [0.2, 0.25) is 5.88 Å². The van der Waals surface area contributed by atoms with Crippen molar-refractivity contribution in [3.05, 3.63) is 125 Å². The third-order valence-electron chi connectivity index (χ3n) is 5.06. The summed E-state index contributed by atoms with van der Waals surface area (Å²) in [5.74, 6) is 0.682. The lowest BCUT2D eigenvalue weighted by molar-refractivity contribution is 0.104. The molecule has 0 heterocycles. The predicted octanol–water partition coefficient (Wildman–Crippen LogP) is 5.96. The second-order valence-corrected chi connectivity index (χ2v) is 8.57. The highest BCUT2D eigenvalue weighted by Crippen LogP contribution is 2.34. The Morgan fingerprint density at radius 1 is 1.03 bits per heavy atom. The van der Waals surface area contributed by atoms with Gasteiger partial charge in [-0.25, -0.2) is 0 Å². The fourth-order valence-electron chi connectivity index (χ4n) is 3.15. The molecule has 0 bridgehead atoms. The molecule has 34 heavy (non-hydrogen) atoms. The summed E-state index contributed by atoms with van der Waals surface area (Å²) in [6, 6.07) is 15.6. The SMILES string of the molecule is NC(=C\C(OCC1C=CC=CC1)=C(/N)OCc1ccccc1)/C=C/c1ccc(C(F)(F)P)cc1. The van der Waals surface area contributed by atoms with Gasteiger partial charge in [0.1, 0.15) is 6.61 Å². The topological polar surface area (TPSA) is 70.5 Å². The van der Waals surface area contributed by atoms with E-state index in [2.05, 4.69) is 12.2 Å². The van der Waals surface area contributed by atoms with Crippen LogP contribution in [0.2, 0.25) is 0 Å². The Kier molecular flexibility index (Phi) is 9.06. The van der Waals surface area contributed by atoms with Crippen molar-refractivity contribution >= 4 is 15.3 Å². The van der Waals surface area contributed by atoms with Gasteiger partial charge in [0, 0.05) is 23.3 Å². The maximum Gasteiger partial charge on any atom is 0.283 e. The third kappa shape index (κ3) is 8.20. The average molecular weight is 483 g/mol. The van der Waals surface area contributed by atoms with Crippen molar-refractivity contribution in [3.8, 4) is 0 Å². The zero-order chi connectivity index (χ0) is 24.4. The van der Waals surface area contributed by atoms with Crippen molar-refractivity contribution in [2.45, 2.75) is 18.7 Å². The van der Waals surface area contributed by atoms with Crippen LogP contribution in [0.4, 0.5) is 8.78 Å². The molecule has 0 radical (unpaired) electrons. The molecule has 2 atom stereocenters. The van der Waals surface area contributed by atoms with Gasteiger partial charge in [0.05, 0.1) is 6.61 Å². The fraction of sp³-hybridized carbons (Fsp3) is 0.185. The van der Waals surface area contributed by atoms with Gasteiger partial charge < -0.3 is 20.9 Å². The fourth-order valence-corrected chi connectivity index (χ4v) is 3.34. The summed E-state index contributed by atoms with van der Waals surface area (Å²) in [4.78, 5) is 0. The van der Waals surface area contributed by atoms with Crippen molar-refractivity contribution < 1.29 is 18.3 Å². The molecule has 0 spiro atoms. The molecule has 1 aliphatic carbocycles. The molecule has 1 aliphatic rings. The van der Waals surface area contributed by atoms with Crippen LogP contribution < -0.4 is 11.5 Å². The number of alkyl halides is 2. The minimum atomic E-state index is -2.96. The van der Waals surface area contributed by atoms with Crippen molar-refractivity contribution in [2.75, 3.05) is 6.61 Å². The van der Waals surface area contributed by atoms with E-state index in [1.807, 2.05) is 42.5 Å². The highest BCUT2D eigenvalue weighted by Gasteiger charge is 2.23. The summed E-state index contributed by atoms with van der Waals surface area (Å²) in [5, 5.41) is 0. The van der Waals surface area contributed by atoms with E-state index < -0.39 is 5.66 Å². The Hall–Kier alpha value is -3.37. The number of halogens is 2. The van der Waals surface area contributed by atoms with Crippen molar-refractivity contribution in [1.82, 2.24) is 0 Å². The zero-order valence-electron chi connectivity index (χ0n) is 18.7. The van der Waals surface area contributed by atoms with E-state index in [4.69, 9.17) is 20.9 Å². The molecule has 0 amide bonds. The first-order valence-electron chi connectivity index (χ1n) is 10.9. The number of ether oxygens (including phenoxy) is 2. The molecule has 2 aromatic carbocycles. The van der Waals surface area contributed by atoms with E-state index in [9.17, 15) is 8.78 Å². The van der Waals surface area contributed by atoms with Crippen LogP contribution in [0.1, 0.15) is 23.1 Å². The first-order chi connectivity index (χ1) is 16.3. The predicted molar refractivity (Wildman–Crippen MR) is 136 cm³/mol. The second-order valence-electron chi connectivity index (χ2n) is 7.85. The van der Waals surface area contributed by atoms with E-state index in [1.54, 1.807) is 30.4 Å². The van der Waals surface area contributed by atoms with E-state index in [1.165, 1.54) is 21.4 Å². The minimum absolute atomic E-state index is 0.0771. The minimum Gasteiger partial charge on any atom is -0.487 e. The monoisotopic (exact) mass is 482 g/mol. The molecule has 7 heteroatoms. The molecule has 0 saturated carbocycles. The van der Waals surface area contributed by atoms with Crippen molar-refractivity contribution in [2.24, 2.45) is 17.4 Å². The van der Waals surface area contributed by atoms with Gasteiger partial charge in [-0.3, -0.25) is 0 Å². The van der Waals surface area contributed by atoms with E-state index in [-0.39, 0.29) is 17.4 Å². The lowest BCUT2D eigenvalue weighted by Crippen LogP contribution is -2.13. The van der Waals surface area contributed by atoms with Gasteiger partial charge in [-0.15, -0.1) is 0 Å². The first kappa shape index (κ1) is 25.3.